The van der Waals surface area contributed by atoms with Crippen LogP contribution in [0.5, 0.6) is 0 Å². The van der Waals surface area contributed by atoms with Crippen LogP contribution in [0, 0.1) is 12.8 Å². The Labute approximate surface area is 101 Å². The van der Waals surface area contributed by atoms with E-state index in [1.165, 1.54) is 32.1 Å². The highest BCUT2D eigenvalue weighted by atomic mass is 35.5. The van der Waals surface area contributed by atoms with Gasteiger partial charge in [0.1, 0.15) is 0 Å². The zero-order valence-electron chi connectivity index (χ0n) is 9.68. The molecule has 1 fully saturated rings. The second-order valence-electron chi connectivity index (χ2n) is 4.80. The lowest BCUT2D eigenvalue weighted by Crippen LogP contribution is -2.22. The monoisotopic (exact) mass is 242 g/mol. The van der Waals surface area contributed by atoms with Gasteiger partial charge in [-0.05, 0) is 32.1 Å². The third-order valence-corrected chi connectivity index (χ3v) is 4.16. The van der Waals surface area contributed by atoms with Crippen molar-refractivity contribution < 1.29 is 0 Å². The summed E-state index contributed by atoms with van der Waals surface area (Å²) in [7, 11) is 0. The van der Waals surface area contributed by atoms with Crippen LogP contribution in [0.25, 0.3) is 0 Å². The molecule has 1 aromatic heterocycles. The molecule has 1 atom stereocenters. The average molecular weight is 243 g/mol. The molecule has 1 saturated carbocycles. The summed E-state index contributed by atoms with van der Waals surface area (Å²) in [4.78, 5) is 11.5. The minimum atomic E-state index is -0.0149. The molecule has 0 spiro atoms. The third kappa shape index (κ3) is 2.51. The first-order chi connectivity index (χ1) is 7.68. The van der Waals surface area contributed by atoms with Gasteiger partial charge in [0.05, 0.1) is 0 Å². The van der Waals surface area contributed by atoms with E-state index < -0.39 is 0 Å². The fourth-order valence-electron chi connectivity index (χ4n) is 2.58. The Bertz CT molecular complexity index is 390. The molecule has 0 aliphatic heterocycles. The summed E-state index contributed by atoms with van der Waals surface area (Å²) in [5, 5.41) is 5.56. The van der Waals surface area contributed by atoms with Crippen molar-refractivity contribution in [2.24, 2.45) is 5.92 Å². The maximum Gasteiger partial charge on any atom is 0.267 e. The van der Waals surface area contributed by atoms with E-state index in [0.29, 0.717) is 12.3 Å². The molecule has 0 radical (unpaired) electrons. The fourth-order valence-corrected chi connectivity index (χ4v) is 2.98. The molecule has 4 heteroatoms. The van der Waals surface area contributed by atoms with Crippen LogP contribution in [0.3, 0.4) is 0 Å². The van der Waals surface area contributed by atoms with Gasteiger partial charge in [-0.1, -0.05) is 19.3 Å². The van der Waals surface area contributed by atoms with E-state index in [2.05, 4.69) is 10.2 Å². The molecule has 16 heavy (non-hydrogen) atoms. The Morgan fingerprint density at radius 1 is 1.31 bits per heavy atom. The highest BCUT2D eigenvalue weighted by Gasteiger charge is 2.23. The molecule has 0 saturated heterocycles. The number of hydrogen-bond acceptors (Lipinski definition) is 1. The highest BCUT2D eigenvalue weighted by molar-refractivity contribution is 6.20. The first-order valence-corrected chi connectivity index (χ1v) is 6.52. The van der Waals surface area contributed by atoms with Crippen molar-refractivity contribution in [3.63, 3.8) is 0 Å². The Morgan fingerprint density at radius 2 is 2.00 bits per heavy atom. The first kappa shape index (κ1) is 11.8. The van der Waals surface area contributed by atoms with Crippen molar-refractivity contribution in [1.29, 1.82) is 0 Å². The molecule has 0 amide bonds. The molecule has 1 heterocycles. The largest absolute Gasteiger partial charge is 0.302 e. The van der Waals surface area contributed by atoms with Crippen LogP contribution < -0.4 is 5.56 Å². The molecule has 1 aromatic rings. The van der Waals surface area contributed by atoms with E-state index in [4.69, 9.17) is 11.6 Å². The van der Waals surface area contributed by atoms with E-state index in [1.807, 2.05) is 6.92 Å². The van der Waals surface area contributed by atoms with E-state index in [-0.39, 0.29) is 10.9 Å². The molecule has 2 rings (SSSR count). The number of rotatable bonds is 3. The minimum absolute atomic E-state index is 0.0149. The number of H-pyrrole nitrogens is 2. The smallest absolute Gasteiger partial charge is 0.267 e. The van der Waals surface area contributed by atoms with Gasteiger partial charge in [-0.3, -0.25) is 9.89 Å². The van der Waals surface area contributed by atoms with Crippen molar-refractivity contribution in [2.45, 2.75) is 50.8 Å². The molecule has 2 N–H and O–H groups in total. The number of alkyl halides is 1. The number of aryl methyl sites for hydroxylation is 1. The lowest BCUT2D eigenvalue weighted by molar-refractivity contribution is 0.344. The number of hydrogen-bond donors (Lipinski definition) is 2. The van der Waals surface area contributed by atoms with Gasteiger partial charge in [0.15, 0.2) is 0 Å². The van der Waals surface area contributed by atoms with Gasteiger partial charge in [0.25, 0.3) is 5.56 Å². The van der Waals surface area contributed by atoms with Gasteiger partial charge < -0.3 is 5.10 Å². The second kappa shape index (κ2) is 5.09. The van der Waals surface area contributed by atoms with Gasteiger partial charge in [0, 0.05) is 16.6 Å². The van der Waals surface area contributed by atoms with E-state index >= 15 is 0 Å². The standard InChI is InChI=1S/C12H19ClN2O/c1-8-10(12(16)15-14-8)7-11(13)9-5-3-2-4-6-9/h9,11H,2-7H2,1H3,(H2,14,15,16). The quantitative estimate of drug-likeness (QED) is 0.787. The third-order valence-electron chi connectivity index (χ3n) is 3.65. The summed E-state index contributed by atoms with van der Waals surface area (Å²) in [6.45, 7) is 1.91. The Hall–Kier alpha value is -0.700. The maximum atomic E-state index is 11.5. The lowest BCUT2D eigenvalue weighted by atomic mass is 9.85. The number of halogens is 1. The molecule has 0 bridgehead atoms. The van der Waals surface area contributed by atoms with Crippen molar-refractivity contribution in [1.82, 2.24) is 10.2 Å². The van der Waals surface area contributed by atoms with Crippen molar-refractivity contribution in [3.8, 4) is 0 Å². The summed E-state index contributed by atoms with van der Waals surface area (Å²) in [6, 6.07) is 0. The maximum absolute atomic E-state index is 11.5. The van der Waals surface area contributed by atoms with Crippen LogP contribution in [0.15, 0.2) is 4.79 Å². The number of aromatic amines is 2. The molecule has 3 nitrogen and oxygen atoms in total. The van der Waals surface area contributed by atoms with Gasteiger partial charge in [-0.25, -0.2) is 0 Å². The van der Waals surface area contributed by atoms with Gasteiger partial charge in [-0.15, -0.1) is 11.6 Å². The normalized spacial score (nSPS) is 19.9. The average Bonchev–Trinajstić information content (AvgIpc) is 2.62. The Balaban J connectivity index is 2.01. The molecule has 90 valence electrons. The zero-order valence-corrected chi connectivity index (χ0v) is 10.4. The molecular weight excluding hydrogens is 224 g/mol. The zero-order chi connectivity index (χ0) is 11.5. The van der Waals surface area contributed by atoms with Crippen LogP contribution >= 0.6 is 11.6 Å². The summed E-state index contributed by atoms with van der Waals surface area (Å²) < 4.78 is 0. The van der Waals surface area contributed by atoms with Gasteiger partial charge >= 0.3 is 0 Å². The number of nitrogens with one attached hydrogen (secondary N) is 2. The molecule has 1 unspecified atom stereocenters. The summed E-state index contributed by atoms with van der Waals surface area (Å²) in [5.41, 5.74) is 1.73. The summed E-state index contributed by atoms with van der Waals surface area (Å²) >= 11 is 6.43. The first-order valence-electron chi connectivity index (χ1n) is 6.08. The Kier molecular flexibility index (Phi) is 3.74. The SMILES string of the molecule is Cc1[nH][nH]c(=O)c1CC(Cl)C1CCCCC1. The van der Waals surface area contributed by atoms with Crippen LogP contribution in [-0.2, 0) is 6.42 Å². The second-order valence-corrected chi connectivity index (χ2v) is 5.36. The summed E-state index contributed by atoms with van der Waals surface area (Å²) in [6.07, 6.45) is 7.04. The Morgan fingerprint density at radius 3 is 2.56 bits per heavy atom. The van der Waals surface area contributed by atoms with Crippen LogP contribution in [0.4, 0.5) is 0 Å². The van der Waals surface area contributed by atoms with Crippen molar-refractivity contribution >= 4 is 11.6 Å². The number of aromatic nitrogens is 2. The molecular formula is C12H19ClN2O. The minimum Gasteiger partial charge on any atom is -0.302 e. The molecule has 0 aromatic carbocycles. The van der Waals surface area contributed by atoms with E-state index in [0.717, 1.165) is 11.3 Å². The van der Waals surface area contributed by atoms with E-state index in [9.17, 15) is 4.79 Å². The lowest BCUT2D eigenvalue weighted by Gasteiger charge is -2.25. The topological polar surface area (TPSA) is 48.6 Å². The predicted octanol–water partition coefficient (Wildman–Crippen LogP) is 2.74. The van der Waals surface area contributed by atoms with E-state index in [1.54, 1.807) is 0 Å². The van der Waals surface area contributed by atoms with Crippen LogP contribution in [0.1, 0.15) is 43.4 Å². The van der Waals surface area contributed by atoms with Crippen LogP contribution in [-0.4, -0.2) is 15.6 Å². The fraction of sp³-hybridized carbons (Fsp3) is 0.750. The molecule has 1 aliphatic carbocycles. The predicted molar refractivity (Wildman–Crippen MR) is 66.1 cm³/mol. The van der Waals surface area contributed by atoms with Crippen molar-refractivity contribution in [3.05, 3.63) is 21.6 Å². The van der Waals surface area contributed by atoms with Crippen molar-refractivity contribution in [2.75, 3.05) is 0 Å². The van der Waals surface area contributed by atoms with Crippen LogP contribution in [0.2, 0.25) is 0 Å². The molecule has 1 aliphatic rings. The van der Waals surface area contributed by atoms with Gasteiger partial charge in [0.2, 0.25) is 0 Å². The summed E-state index contributed by atoms with van der Waals surface area (Å²) in [5.74, 6) is 0.587. The highest BCUT2D eigenvalue weighted by Crippen LogP contribution is 2.30. The van der Waals surface area contributed by atoms with Gasteiger partial charge in [-0.2, -0.15) is 0 Å².